The van der Waals surface area contributed by atoms with Crippen LogP contribution in [0.3, 0.4) is 0 Å². The monoisotopic (exact) mass is 251 g/mol. The van der Waals surface area contributed by atoms with Crippen molar-refractivity contribution in [3.63, 3.8) is 0 Å². The molecule has 0 spiro atoms. The number of anilines is 1. The number of hydrogen-bond acceptors (Lipinski definition) is 3. The second-order valence-electron chi connectivity index (χ2n) is 4.31. The Morgan fingerprint density at radius 1 is 1.41 bits per heavy atom. The highest BCUT2D eigenvalue weighted by molar-refractivity contribution is 7.80. The molecule has 1 aromatic rings. The Hall–Kier alpha value is -1.16. The summed E-state index contributed by atoms with van der Waals surface area (Å²) in [6.45, 7) is 7.31. The van der Waals surface area contributed by atoms with E-state index < -0.39 is 0 Å². The Labute approximate surface area is 109 Å². The smallest absolute Gasteiger partial charge is 0.126 e. The van der Waals surface area contributed by atoms with Gasteiger partial charge in [0.05, 0.1) is 0 Å². The maximum absolute atomic E-state index is 5.64. The molecule has 0 bridgehead atoms. The van der Waals surface area contributed by atoms with Crippen molar-refractivity contribution in [1.82, 2.24) is 4.98 Å². The Morgan fingerprint density at radius 2 is 2.06 bits per heavy atom. The van der Waals surface area contributed by atoms with Gasteiger partial charge < -0.3 is 11.1 Å². The van der Waals surface area contributed by atoms with E-state index in [2.05, 4.69) is 24.1 Å². The Morgan fingerprint density at radius 3 is 2.59 bits per heavy atom. The molecule has 0 atom stereocenters. The number of aryl methyl sites for hydroxylation is 1. The van der Waals surface area contributed by atoms with E-state index in [4.69, 9.17) is 18.0 Å². The number of nitrogens with two attached hydrogens (primary N) is 1. The van der Waals surface area contributed by atoms with Crippen molar-refractivity contribution in [2.75, 3.05) is 11.9 Å². The molecule has 1 rings (SSSR count). The summed E-state index contributed by atoms with van der Waals surface area (Å²) in [6, 6.07) is 3.82. The molecule has 1 aromatic heterocycles. The standard InChI is InChI=1S/C13H21N3S/c1-4-10(5-2)8-15-12-7-11(13(14)17)6-9(3)16-12/h6-7,10H,4-5,8H2,1-3H3,(H2,14,17)(H,15,16). The molecule has 0 radical (unpaired) electrons. The zero-order valence-electron chi connectivity index (χ0n) is 10.8. The van der Waals surface area contributed by atoms with Crippen LogP contribution in [0.5, 0.6) is 0 Å². The van der Waals surface area contributed by atoms with E-state index in [0.29, 0.717) is 10.9 Å². The van der Waals surface area contributed by atoms with Gasteiger partial charge in [-0.3, -0.25) is 0 Å². The lowest BCUT2D eigenvalue weighted by Gasteiger charge is -2.14. The predicted octanol–water partition coefficient (Wildman–Crippen LogP) is 2.87. The number of hydrogen-bond donors (Lipinski definition) is 2. The van der Waals surface area contributed by atoms with Gasteiger partial charge in [0.2, 0.25) is 0 Å². The first-order valence-electron chi connectivity index (χ1n) is 6.09. The van der Waals surface area contributed by atoms with Crippen LogP contribution in [0.15, 0.2) is 12.1 Å². The first-order valence-corrected chi connectivity index (χ1v) is 6.50. The van der Waals surface area contributed by atoms with Crippen LogP contribution >= 0.6 is 12.2 Å². The molecule has 0 fully saturated rings. The zero-order valence-corrected chi connectivity index (χ0v) is 11.6. The summed E-state index contributed by atoms with van der Waals surface area (Å²) in [4.78, 5) is 4.85. The van der Waals surface area contributed by atoms with E-state index in [1.54, 1.807) is 0 Å². The van der Waals surface area contributed by atoms with Crippen molar-refractivity contribution in [2.24, 2.45) is 11.7 Å². The molecule has 3 nitrogen and oxygen atoms in total. The lowest BCUT2D eigenvalue weighted by molar-refractivity contribution is 0.518. The Balaban J connectivity index is 2.74. The van der Waals surface area contributed by atoms with Gasteiger partial charge in [0.15, 0.2) is 0 Å². The third kappa shape index (κ3) is 4.30. The zero-order chi connectivity index (χ0) is 12.8. The van der Waals surface area contributed by atoms with Gasteiger partial charge in [0, 0.05) is 17.8 Å². The number of nitrogens with zero attached hydrogens (tertiary/aromatic N) is 1. The van der Waals surface area contributed by atoms with Crippen LogP contribution in [0.25, 0.3) is 0 Å². The second-order valence-corrected chi connectivity index (χ2v) is 4.75. The molecular weight excluding hydrogens is 230 g/mol. The van der Waals surface area contributed by atoms with Crippen molar-refractivity contribution in [2.45, 2.75) is 33.6 Å². The van der Waals surface area contributed by atoms with E-state index in [1.807, 2.05) is 19.1 Å². The average Bonchev–Trinajstić information content (AvgIpc) is 2.29. The molecule has 0 aromatic carbocycles. The molecule has 17 heavy (non-hydrogen) atoms. The van der Waals surface area contributed by atoms with Crippen LogP contribution in [0.1, 0.15) is 37.9 Å². The summed E-state index contributed by atoms with van der Waals surface area (Å²) in [5.74, 6) is 1.55. The molecule has 0 aliphatic heterocycles. The fraction of sp³-hybridized carbons (Fsp3) is 0.538. The maximum atomic E-state index is 5.64. The van der Waals surface area contributed by atoms with Gasteiger partial charge in [-0.2, -0.15) is 0 Å². The average molecular weight is 251 g/mol. The first-order chi connectivity index (χ1) is 8.06. The van der Waals surface area contributed by atoms with Crippen molar-refractivity contribution in [3.8, 4) is 0 Å². The van der Waals surface area contributed by atoms with Gasteiger partial charge in [0.1, 0.15) is 10.8 Å². The van der Waals surface area contributed by atoms with Crippen molar-refractivity contribution in [3.05, 3.63) is 23.4 Å². The molecule has 0 amide bonds. The van der Waals surface area contributed by atoms with Crippen molar-refractivity contribution in [1.29, 1.82) is 0 Å². The second kappa shape index (κ2) is 6.55. The topological polar surface area (TPSA) is 50.9 Å². The third-order valence-corrected chi connectivity index (χ3v) is 3.20. The quantitative estimate of drug-likeness (QED) is 0.763. The summed E-state index contributed by atoms with van der Waals surface area (Å²) in [5, 5.41) is 3.36. The molecule has 3 N–H and O–H groups in total. The van der Waals surface area contributed by atoms with Gasteiger partial charge in [0.25, 0.3) is 0 Å². The van der Waals surface area contributed by atoms with E-state index in [-0.39, 0.29) is 0 Å². The molecule has 1 heterocycles. The minimum Gasteiger partial charge on any atom is -0.389 e. The summed E-state index contributed by atoms with van der Waals surface area (Å²) in [5.41, 5.74) is 7.44. The van der Waals surface area contributed by atoms with Crippen molar-refractivity contribution < 1.29 is 0 Å². The molecule has 4 heteroatoms. The number of aromatic nitrogens is 1. The Kier molecular flexibility index (Phi) is 5.35. The van der Waals surface area contributed by atoms with Crippen LogP contribution in [0, 0.1) is 12.8 Å². The predicted molar refractivity (Wildman–Crippen MR) is 77.4 cm³/mol. The normalized spacial score (nSPS) is 10.6. The largest absolute Gasteiger partial charge is 0.389 e. The van der Waals surface area contributed by atoms with Crippen LogP contribution < -0.4 is 11.1 Å². The maximum Gasteiger partial charge on any atom is 0.126 e. The summed E-state index contributed by atoms with van der Waals surface area (Å²) < 4.78 is 0. The highest BCUT2D eigenvalue weighted by atomic mass is 32.1. The van der Waals surface area contributed by atoms with Gasteiger partial charge in [-0.15, -0.1) is 0 Å². The molecule has 0 unspecified atom stereocenters. The SMILES string of the molecule is CCC(CC)CNc1cc(C(N)=S)cc(C)n1. The fourth-order valence-corrected chi connectivity index (χ4v) is 1.85. The molecule has 0 aliphatic rings. The van der Waals surface area contributed by atoms with E-state index >= 15 is 0 Å². The first kappa shape index (κ1) is 13.9. The highest BCUT2D eigenvalue weighted by Crippen LogP contribution is 2.13. The lowest BCUT2D eigenvalue weighted by Crippen LogP contribution is -2.15. The van der Waals surface area contributed by atoms with E-state index in [0.717, 1.165) is 23.6 Å². The number of pyridine rings is 1. The minimum atomic E-state index is 0.418. The highest BCUT2D eigenvalue weighted by Gasteiger charge is 2.05. The molecule has 0 saturated heterocycles. The number of nitrogens with one attached hydrogen (secondary N) is 1. The van der Waals surface area contributed by atoms with Gasteiger partial charge in [-0.05, 0) is 25.0 Å². The minimum absolute atomic E-state index is 0.418. The van der Waals surface area contributed by atoms with Crippen molar-refractivity contribution >= 4 is 23.0 Å². The van der Waals surface area contributed by atoms with Crippen LogP contribution in [0.2, 0.25) is 0 Å². The van der Waals surface area contributed by atoms with Crippen LogP contribution in [-0.2, 0) is 0 Å². The van der Waals surface area contributed by atoms with Gasteiger partial charge in [-0.1, -0.05) is 38.9 Å². The lowest BCUT2D eigenvalue weighted by atomic mass is 10.0. The fourth-order valence-electron chi connectivity index (χ4n) is 1.73. The van der Waals surface area contributed by atoms with E-state index in [9.17, 15) is 0 Å². The summed E-state index contributed by atoms with van der Waals surface area (Å²) >= 11 is 4.98. The summed E-state index contributed by atoms with van der Waals surface area (Å²) in [6.07, 6.45) is 2.36. The van der Waals surface area contributed by atoms with Gasteiger partial charge in [-0.25, -0.2) is 4.98 Å². The van der Waals surface area contributed by atoms with E-state index in [1.165, 1.54) is 12.8 Å². The number of rotatable bonds is 6. The van der Waals surface area contributed by atoms with Crippen LogP contribution in [0.4, 0.5) is 5.82 Å². The third-order valence-electron chi connectivity index (χ3n) is 2.96. The molecule has 0 saturated carbocycles. The molecule has 0 aliphatic carbocycles. The molecule has 94 valence electrons. The summed E-state index contributed by atoms with van der Waals surface area (Å²) in [7, 11) is 0. The van der Waals surface area contributed by atoms with Crippen LogP contribution in [-0.4, -0.2) is 16.5 Å². The molecular formula is C13H21N3S. The van der Waals surface area contributed by atoms with Gasteiger partial charge >= 0.3 is 0 Å². The number of thiocarbonyl (C=S) groups is 1. The Bertz CT molecular complexity index is 386.